The Kier molecular flexibility index (Phi) is 5.19. The molecule has 146 valence electrons. The molecule has 2 aromatic carbocycles. The molecule has 0 saturated carbocycles. The maximum Gasteiger partial charge on any atom is 0.251 e. The molecule has 6 nitrogen and oxygen atoms in total. The first-order chi connectivity index (χ1) is 13.7. The Morgan fingerprint density at radius 3 is 2.82 bits per heavy atom. The lowest BCUT2D eigenvalue weighted by Gasteiger charge is -2.41. The fourth-order valence-electron chi connectivity index (χ4n) is 3.89. The van der Waals surface area contributed by atoms with Gasteiger partial charge in [-0.1, -0.05) is 12.1 Å². The molecule has 2 amide bonds. The summed E-state index contributed by atoms with van der Waals surface area (Å²) in [6, 6.07) is 13.1. The molecule has 2 N–H and O–H groups in total. The van der Waals surface area contributed by atoms with Crippen molar-refractivity contribution in [3.63, 3.8) is 0 Å². The van der Waals surface area contributed by atoms with Crippen LogP contribution in [0, 0.1) is 0 Å². The van der Waals surface area contributed by atoms with E-state index in [1.807, 2.05) is 43.3 Å². The van der Waals surface area contributed by atoms with E-state index in [0.29, 0.717) is 18.7 Å². The smallest absolute Gasteiger partial charge is 0.251 e. The minimum atomic E-state index is -0.160. The first-order valence-electron chi connectivity index (χ1n) is 9.87. The number of nitrogens with one attached hydrogen (secondary N) is 2. The number of carbonyl (C=O) groups excluding carboxylic acids is 2. The SMILES string of the molecule is CCOc1ccc(CNC(=O)c2ccc3c(c2)NC(=O)C2CCCCN32)cc1. The van der Waals surface area contributed by atoms with E-state index >= 15 is 0 Å². The summed E-state index contributed by atoms with van der Waals surface area (Å²) in [5.41, 5.74) is 3.27. The monoisotopic (exact) mass is 379 g/mol. The average Bonchev–Trinajstić information content (AvgIpc) is 2.73. The van der Waals surface area contributed by atoms with Gasteiger partial charge in [0.05, 0.1) is 18.0 Å². The summed E-state index contributed by atoms with van der Waals surface area (Å²) < 4.78 is 5.43. The molecule has 4 rings (SSSR count). The van der Waals surface area contributed by atoms with E-state index in [0.717, 1.165) is 48.5 Å². The zero-order chi connectivity index (χ0) is 19.5. The van der Waals surface area contributed by atoms with Crippen molar-refractivity contribution in [3.8, 4) is 5.75 Å². The summed E-state index contributed by atoms with van der Waals surface area (Å²) in [6.45, 7) is 3.89. The highest BCUT2D eigenvalue weighted by molar-refractivity contribution is 6.05. The van der Waals surface area contributed by atoms with E-state index in [1.54, 1.807) is 6.07 Å². The number of fused-ring (bicyclic) bond motifs is 3. The molecule has 0 bridgehead atoms. The molecule has 2 aromatic rings. The van der Waals surface area contributed by atoms with Crippen LogP contribution in [0.2, 0.25) is 0 Å². The van der Waals surface area contributed by atoms with Crippen LogP contribution in [0.5, 0.6) is 5.75 Å². The van der Waals surface area contributed by atoms with Gasteiger partial charge in [-0.05, 0) is 62.1 Å². The fraction of sp³-hybridized carbons (Fsp3) is 0.364. The van der Waals surface area contributed by atoms with Gasteiger partial charge >= 0.3 is 0 Å². The summed E-state index contributed by atoms with van der Waals surface area (Å²) in [6.07, 6.45) is 3.05. The highest BCUT2D eigenvalue weighted by Crippen LogP contribution is 2.36. The second-order valence-corrected chi connectivity index (χ2v) is 7.19. The van der Waals surface area contributed by atoms with Crippen molar-refractivity contribution < 1.29 is 14.3 Å². The van der Waals surface area contributed by atoms with Crippen molar-refractivity contribution in [2.24, 2.45) is 0 Å². The van der Waals surface area contributed by atoms with Gasteiger partial charge in [0.1, 0.15) is 11.8 Å². The highest BCUT2D eigenvalue weighted by atomic mass is 16.5. The van der Waals surface area contributed by atoms with Gasteiger partial charge < -0.3 is 20.3 Å². The highest BCUT2D eigenvalue weighted by Gasteiger charge is 2.34. The lowest BCUT2D eigenvalue weighted by Crippen LogP contribution is -2.50. The van der Waals surface area contributed by atoms with Crippen LogP contribution in [0.3, 0.4) is 0 Å². The third-order valence-corrected chi connectivity index (χ3v) is 5.32. The van der Waals surface area contributed by atoms with E-state index in [4.69, 9.17) is 4.74 Å². The number of ether oxygens (including phenoxy) is 1. The number of carbonyl (C=O) groups is 2. The number of piperidine rings is 1. The number of nitrogens with zero attached hydrogens (tertiary/aromatic N) is 1. The van der Waals surface area contributed by atoms with Crippen molar-refractivity contribution in [1.82, 2.24) is 5.32 Å². The van der Waals surface area contributed by atoms with Crippen LogP contribution < -0.4 is 20.3 Å². The second-order valence-electron chi connectivity index (χ2n) is 7.19. The number of amides is 2. The van der Waals surface area contributed by atoms with Crippen molar-refractivity contribution in [2.75, 3.05) is 23.4 Å². The predicted molar refractivity (Wildman–Crippen MR) is 109 cm³/mol. The molecular formula is C22H25N3O3. The van der Waals surface area contributed by atoms with Gasteiger partial charge in [0.25, 0.3) is 5.91 Å². The van der Waals surface area contributed by atoms with Gasteiger partial charge in [0.2, 0.25) is 5.91 Å². The molecule has 1 saturated heterocycles. The predicted octanol–water partition coefficient (Wildman–Crippen LogP) is 3.33. The van der Waals surface area contributed by atoms with E-state index in [9.17, 15) is 9.59 Å². The lowest BCUT2D eigenvalue weighted by atomic mass is 9.97. The van der Waals surface area contributed by atoms with Crippen molar-refractivity contribution in [3.05, 3.63) is 53.6 Å². The largest absolute Gasteiger partial charge is 0.494 e. The first-order valence-corrected chi connectivity index (χ1v) is 9.87. The molecule has 1 unspecified atom stereocenters. The second kappa shape index (κ2) is 7.92. The summed E-state index contributed by atoms with van der Waals surface area (Å²) in [5, 5.41) is 5.91. The van der Waals surface area contributed by atoms with Crippen LogP contribution in [0.4, 0.5) is 11.4 Å². The molecule has 6 heteroatoms. The fourth-order valence-corrected chi connectivity index (χ4v) is 3.89. The standard InChI is InChI=1S/C22H25N3O3/c1-2-28-17-9-6-15(7-10-17)14-23-21(26)16-8-11-19-18(13-16)24-22(27)20-5-3-4-12-25(19)20/h6-11,13,20H,2-5,12,14H2,1H3,(H,23,26)(H,24,27). The zero-order valence-corrected chi connectivity index (χ0v) is 16.0. The van der Waals surface area contributed by atoms with Crippen LogP contribution in [0.15, 0.2) is 42.5 Å². The Morgan fingerprint density at radius 1 is 1.21 bits per heavy atom. The quantitative estimate of drug-likeness (QED) is 0.836. The number of benzene rings is 2. The third-order valence-electron chi connectivity index (χ3n) is 5.32. The first kappa shape index (κ1) is 18.3. The number of anilines is 2. The Balaban J connectivity index is 1.44. The van der Waals surface area contributed by atoms with Crippen molar-refractivity contribution >= 4 is 23.2 Å². The van der Waals surface area contributed by atoms with Crippen LogP contribution >= 0.6 is 0 Å². The summed E-state index contributed by atoms with van der Waals surface area (Å²) in [4.78, 5) is 27.1. The lowest BCUT2D eigenvalue weighted by molar-refractivity contribution is -0.118. The van der Waals surface area contributed by atoms with Crippen LogP contribution in [-0.4, -0.2) is 31.0 Å². The summed E-state index contributed by atoms with van der Waals surface area (Å²) in [7, 11) is 0. The molecule has 2 heterocycles. The maximum absolute atomic E-state index is 12.6. The van der Waals surface area contributed by atoms with Gasteiger partial charge in [-0.15, -0.1) is 0 Å². The van der Waals surface area contributed by atoms with Crippen LogP contribution in [0.25, 0.3) is 0 Å². The molecule has 1 atom stereocenters. The molecule has 0 aliphatic carbocycles. The normalized spacial score (nSPS) is 18.0. The minimum Gasteiger partial charge on any atom is -0.494 e. The van der Waals surface area contributed by atoms with Crippen LogP contribution in [0.1, 0.15) is 42.1 Å². The van der Waals surface area contributed by atoms with E-state index < -0.39 is 0 Å². The molecule has 28 heavy (non-hydrogen) atoms. The molecule has 0 radical (unpaired) electrons. The maximum atomic E-state index is 12.6. The Hall–Kier alpha value is -3.02. The molecule has 0 aromatic heterocycles. The molecule has 2 aliphatic heterocycles. The van der Waals surface area contributed by atoms with Gasteiger partial charge in [-0.3, -0.25) is 9.59 Å². The van der Waals surface area contributed by atoms with Gasteiger partial charge in [-0.25, -0.2) is 0 Å². The van der Waals surface area contributed by atoms with Crippen LogP contribution in [-0.2, 0) is 11.3 Å². The third kappa shape index (κ3) is 3.67. The Morgan fingerprint density at radius 2 is 2.04 bits per heavy atom. The topological polar surface area (TPSA) is 70.7 Å². The molecule has 2 aliphatic rings. The van der Waals surface area contributed by atoms with Gasteiger partial charge in [-0.2, -0.15) is 0 Å². The summed E-state index contributed by atoms with van der Waals surface area (Å²) >= 11 is 0. The molecule has 1 fully saturated rings. The van der Waals surface area contributed by atoms with Gasteiger partial charge in [0.15, 0.2) is 0 Å². The van der Waals surface area contributed by atoms with E-state index in [2.05, 4.69) is 15.5 Å². The van der Waals surface area contributed by atoms with Crippen molar-refractivity contribution in [2.45, 2.75) is 38.8 Å². The number of hydrogen-bond donors (Lipinski definition) is 2. The van der Waals surface area contributed by atoms with Crippen molar-refractivity contribution in [1.29, 1.82) is 0 Å². The zero-order valence-electron chi connectivity index (χ0n) is 16.0. The van der Waals surface area contributed by atoms with E-state index in [-0.39, 0.29) is 17.9 Å². The summed E-state index contributed by atoms with van der Waals surface area (Å²) in [5.74, 6) is 0.685. The minimum absolute atomic E-state index is 0.0270. The van der Waals surface area contributed by atoms with Gasteiger partial charge in [0, 0.05) is 18.7 Å². The molecular weight excluding hydrogens is 354 g/mol. The Bertz CT molecular complexity index is 879. The molecule has 0 spiro atoms. The number of hydrogen-bond acceptors (Lipinski definition) is 4. The van der Waals surface area contributed by atoms with E-state index in [1.165, 1.54) is 0 Å². The Labute approximate surface area is 164 Å². The average molecular weight is 379 g/mol. The number of rotatable bonds is 5.